The molecular formula is C22H27NO3S. The van der Waals surface area contributed by atoms with Crippen LogP contribution in [0.4, 0.5) is 0 Å². The van der Waals surface area contributed by atoms with Gasteiger partial charge in [0.05, 0.1) is 11.5 Å². The third-order valence-corrected chi connectivity index (χ3v) is 6.85. The minimum Gasteiger partial charge on any atom is -0.330 e. The lowest BCUT2D eigenvalue weighted by molar-refractivity contribution is 0.0681. The molecule has 5 heteroatoms. The van der Waals surface area contributed by atoms with Crippen LogP contribution in [0.5, 0.6) is 0 Å². The molecule has 1 saturated heterocycles. The fourth-order valence-electron chi connectivity index (χ4n) is 3.44. The van der Waals surface area contributed by atoms with Gasteiger partial charge in [-0.2, -0.15) is 0 Å². The van der Waals surface area contributed by atoms with Gasteiger partial charge in [0.2, 0.25) is 0 Å². The quantitative estimate of drug-likeness (QED) is 0.804. The van der Waals surface area contributed by atoms with Crippen LogP contribution in [0, 0.1) is 0 Å². The van der Waals surface area contributed by atoms with Gasteiger partial charge in [0.1, 0.15) is 0 Å². The summed E-state index contributed by atoms with van der Waals surface area (Å²) in [6, 6.07) is 17.1. The van der Waals surface area contributed by atoms with Crippen molar-refractivity contribution in [2.75, 3.05) is 11.5 Å². The molecule has 0 aromatic heterocycles. The van der Waals surface area contributed by atoms with E-state index in [4.69, 9.17) is 0 Å². The van der Waals surface area contributed by atoms with Crippen molar-refractivity contribution in [2.45, 2.75) is 45.2 Å². The molecular weight excluding hydrogens is 358 g/mol. The molecule has 144 valence electrons. The van der Waals surface area contributed by atoms with Crippen LogP contribution in [0.2, 0.25) is 0 Å². The average molecular weight is 386 g/mol. The van der Waals surface area contributed by atoms with E-state index < -0.39 is 9.84 Å². The van der Waals surface area contributed by atoms with Crippen molar-refractivity contribution in [1.29, 1.82) is 0 Å². The molecule has 0 bridgehead atoms. The van der Waals surface area contributed by atoms with Crippen LogP contribution in [0.25, 0.3) is 0 Å². The predicted molar refractivity (Wildman–Crippen MR) is 109 cm³/mol. The van der Waals surface area contributed by atoms with Gasteiger partial charge in [-0.1, -0.05) is 63.2 Å². The lowest BCUT2D eigenvalue weighted by atomic mass is 9.86. The summed E-state index contributed by atoms with van der Waals surface area (Å²) in [5.74, 6) is 0.0859. The molecule has 0 spiro atoms. The summed E-state index contributed by atoms with van der Waals surface area (Å²) in [7, 11) is -3.07. The van der Waals surface area contributed by atoms with Gasteiger partial charge in [0.15, 0.2) is 9.84 Å². The highest BCUT2D eigenvalue weighted by Crippen LogP contribution is 2.25. The number of carbonyl (C=O) groups excluding carboxylic acids is 1. The molecule has 0 saturated carbocycles. The molecule has 1 atom stereocenters. The first-order chi connectivity index (χ1) is 12.7. The Morgan fingerprint density at radius 2 is 1.67 bits per heavy atom. The summed E-state index contributed by atoms with van der Waals surface area (Å²) in [4.78, 5) is 14.8. The minimum absolute atomic E-state index is 0.0473. The molecule has 1 aliphatic heterocycles. The molecule has 2 aromatic carbocycles. The summed E-state index contributed by atoms with van der Waals surface area (Å²) in [6.45, 7) is 6.90. The number of benzene rings is 2. The highest BCUT2D eigenvalue weighted by molar-refractivity contribution is 7.91. The Kier molecular flexibility index (Phi) is 5.43. The van der Waals surface area contributed by atoms with Gasteiger partial charge in [-0.05, 0) is 35.1 Å². The number of sulfone groups is 1. The highest BCUT2D eigenvalue weighted by Gasteiger charge is 2.35. The second kappa shape index (κ2) is 7.47. The van der Waals surface area contributed by atoms with E-state index in [-0.39, 0.29) is 28.9 Å². The van der Waals surface area contributed by atoms with Crippen molar-refractivity contribution in [2.24, 2.45) is 0 Å². The Labute approximate surface area is 162 Å². The smallest absolute Gasteiger partial charge is 0.254 e. The Bertz CT molecular complexity index is 897. The van der Waals surface area contributed by atoms with Crippen LogP contribution in [0.3, 0.4) is 0 Å². The maximum absolute atomic E-state index is 13.1. The fraction of sp³-hybridized carbons (Fsp3) is 0.409. The van der Waals surface area contributed by atoms with E-state index in [9.17, 15) is 13.2 Å². The van der Waals surface area contributed by atoms with E-state index in [1.54, 1.807) is 17.0 Å². The lowest BCUT2D eigenvalue weighted by Gasteiger charge is -2.29. The van der Waals surface area contributed by atoms with Gasteiger partial charge >= 0.3 is 0 Å². The Hall–Kier alpha value is -2.14. The fourth-order valence-corrected chi connectivity index (χ4v) is 5.17. The van der Waals surface area contributed by atoms with E-state index in [1.165, 1.54) is 5.56 Å². The van der Waals surface area contributed by atoms with Crippen molar-refractivity contribution in [3.05, 3.63) is 71.3 Å². The third-order valence-electron chi connectivity index (χ3n) is 5.10. The lowest BCUT2D eigenvalue weighted by Crippen LogP contribution is -2.40. The number of nitrogens with zero attached hydrogens (tertiary/aromatic N) is 1. The monoisotopic (exact) mass is 385 g/mol. The van der Waals surface area contributed by atoms with Crippen LogP contribution < -0.4 is 0 Å². The Morgan fingerprint density at radius 1 is 1.04 bits per heavy atom. The van der Waals surface area contributed by atoms with E-state index in [0.717, 1.165) is 5.56 Å². The normalized spacial score (nSPS) is 19.0. The number of hydrogen-bond donors (Lipinski definition) is 0. The minimum atomic E-state index is -3.07. The molecule has 1 heterocycles. The van der Waals surface area contributed by atoms with Gasteiger partial charge in [-0.15, -0.1) is 0 Å². The van der Waals surface area contributed by atoms with Gasteiger partial charge < -0.3 is 4.90 Å². The molecule has 4 nitrogen and oxygen atoms in total. The van der Waals surface area contributed by atoms with Crippen LogP contribution in [-0.2, 0) is 21.8 Å². The second-order valence-electron chi connectivity index (χ2n) is 8.30. The van der Waals surface area contributed by atoms with Crippen molar-refractivity contribution >= 4 is 15.7 Å². The summed E-state index contributed by atoms with van der Waals surface area (Å²) in [5.41, 5.74) is 2.90. The van der Waals surface area contributed by atoms with E-state index in [2.05, 4.69) is 32.9 Å². The zero-order valence-electron chi connectivity index (χ0n) is 16.2. The zero-order chi connectivity index (χ0) is 19.7. The van der Waals surface area contributed by atoms with Crippen LogP contribution in [0.15, 0.2) is 54.6 Å². The summed E-state index contributed by atoms with van der Waals surface area (Å²) in [6.07, 6.45) is 0.501. The largest absolute Gasteiger partial charge is 0.330 e. The first-order valence-corrected chi connectivity index (χ1v) is 11.1. The van der Waals surface area contributed by atoms with Crippen molar-refractivity contribution in [3.63, 3.8) is 0 Å². The van der Waals surface area contributed by atoms with Gasteiger partial charge in [0, 0.05) is 18.2 Å². The SMILES string of the molecule is CC(C)(C)c1ccc(CN(C(=O)c2ccccc2)[C@H]2CCS(=O)(=O)C2)cc1. The molecule has 1 aliphatic rings. The third kappa shape index (κ3) is 4.78. The van der Waals surface area contributed by atoms with E-state index >= 15 is 0 Å². The van der Waals surface area contributed by atoms with Crippen molar-refractivity contribution in [3.8, 4) is 0 Å². The van der Waals surface area contributed by atoms with Crippen molar-refractivity contribution < 1.29 is 13.2 Å². The van der Waals surface area contributed by atoms with Crippen LogP contribution in [0.1, 0.15) is 48.7 Å². The standard InChI is InChI=1S/C22H27NO3S/c1-22(2,3)19-11-9-17(10-12-19)15-23(20-13-14-27(25,26)16-20)21(24)18-7-5-4-6-8-18/h4-12,20H,13-16H2,1-3H3/t20-/m0/s1. The van der Waals surface area contributed by atoms with Gasteiger partial charge in [-0.25, -0.2) is 8.42 Å². The molecule has 1 fully saturated rings. The molecule has 3 rings (SSSR count). The van der Waals surface area contributed by atoms with Gasteiger partial charge in [0.25, 0.3) is 5.91 Å². The maximum Gasteiger partial charge on any atom is 0.254 e. The number of amides is 1. The predicted octanol–water partition coefficient (Wildman–Crippen LogP) is 3.81. The van der Waals surface area contributed by atoms with E-state index in [1.807, 2.05) is 30.3 Å². The molecule has 0 N–H and O–H groups in total. The van der Waals surface area contributed by atoms with E-state index in [0.29, 0.717) is 18.5 Å². The first-order valence-electron chi connectivity index (χ1n) is 9.31. The Balaban J connectivity index is 1.87. The number of rotatable bonds is 4. The Morgan fingerprint density at radius 3 is 2.19 bits per heavy atom. The highest BCUT2D eigenvalue weighted by atomic mass is 32.2. The molecule has 0 unspecified atom stereocenters. The van der Waals surface area contributed by atoms with Crippen molar-refractivity contribution in [1.82, 2.24) is 4.90 Å². The first kappa shape index (κ1) is 19.6. The second-order valence-corrected chi connectivity index (χ2v) is 10.5. The van der Waals surface area contributed by atoms with Crippen LogP contribution in [-0.4, -0.2) is 36.8 Å². The van der Waals surface area contributed by atoms with Crippen LogP contribution >= 0.6 is 0 Å². The number of hydrogen-bond acceptors (Lipinski definition) is 3. The summed E-state index contributed by atoms with van der Waals surface area (Å²) in [5, 5.41) is 0. The molecule has 1 amide bonds. The average Bonchev–Trinajstić information content (AvgIpc) is 2.99. The maximum atomic E-state index is 13.1. The molecule has 0 aliphatic carbocycles. The summed E-state index contributed by atoms with van der Waals surface area (Å²) >= 11 is 0. The molecule has 2 aromatic rings. The topological polar surface area (TPSA) is 54.5 Å². The summed E-state index contributed by atoms with van der Waals surface area (Å²) < 4.78 is 23.9. The zero-order valence-corrected chi connectivity index (χ0v) is 17.0. The molecule has 27 heavy (non-hydrogen) atoms. The molecule has 0 radical (unpaired) electrons. The van der Waals surface area contributed by atoms with Gasteiger partial charge in [-0.3, -0.25) is 4.79 Å². The number of carbonyl (C=O) groups is 1.